The summed E-state index contributed by atoms with van der Waals surface area (Å²) in [5, 5.41) is 0. The molecule has 1 aliphatic carbocycles. The van der Waals surface area contributed by atoms with Crippen molar-refractivity contribution in [3.63, 3.8) is 0 Å². The van der Waals surface area contributed by atoms with Gasteiger partial charge in [-0.2, -0.15) is 0 Å². The van der Waals surface area contributed by atoms with Gasteiger partial charge >= 0.3 is 0 Å². The maximum atomic E-state index is 8.82. The summed E-state index contributed by atoms with van der Waals surface area (Å²) in [4.78, 5) is 0. The first kappa shape index (κ1) is 9.38. The average Bonchev–Trinajstić information content (AvgIpc) is 2.38. The van der Waals surface area contributed by atoms with Crippen LogP contribution in [0.25, 0.3) is 0 Å². The molecule has 0 aliphatic heterocycles. The Morgan fingerprint density at radius 3 is 1.67 bits per heavy atom. The third kappa shape index (κ3) is 1.59. The molecule has 2 aromatic rings. The molecule has 0 heteroatoms. The van der Waals surface area contributed by atoms with Crippen LogP contribution in [-0.4, -0.2) is 0 Å². The van der Waals surface area contributed by atoms with Crippen LogP contribution in [0.15, 0.2) is 48.5 Å². The predicted octanol–water partition coefficient (Wildman–Crippen LogP) is 4.94. The maximum absolute atomic E-state index is 8.82. The molecule has 0 aromatic heterocycles. The molecule has 2 aromatic carbocycles. The van der Waals surface area contributed by atoms with Crippen molar-refractivity contribution < 1.29 is 2.74 Å². The fourth-order valence-electron chi connectivity index (χ4n) is 3.12. The lowest BCUT2D eigenvalue weighted by Crippen LogP contribution is -2.20. The van der Waals surface area contributed by atoms with E-state index in [1.54, 1.807) is 0 Å². The molecule has 0 radical (unpaired) electrons. The van der Waals surface area contributed by atoms with Gasteiger partial charge < -0.3 is 0 Å². The van der Waals surface area contributed by atoms with Gasteiger partial charge in [-0.05, 0) is 28.1 Å². The summed E-state index contributed by atoms with van der Waals surface area (Å²) in [5.74, 6) is -1.33. The van der Waals surface area contributed by atoms with Crippen molar-refractivity contribution in [2.75, 3.05) is 0 Å². The maximum Gasteiger partial charge on any atom is 0.0399 e. The van der Waals surface area contributed by atoms with Crippen LogP contribution in [0.2, 0.25) is 0 Å². The molecule has 0 saturated heterocycles. The Hall–Kier alpha value is -1.56. The summed E-state index contributed by atoms with van der Waals surface area (Å²) >= 11 is 0. The van der Waals surface area contributed by atoms with Gasteiger partial charge in [-0.1, -0.05) is 69.3 Å². The van der Waals surface area contributed by atoms with Gasteiger partial charge in [0.05, 0.1) is 0 Å². The van der Waals surface area contributed by atoms with E-state index in [0.717, 1.165) is 22.3 Å². The number of benzene rings is 2. The predicted molar refractivity (Wildman–Crippen MR) is 77.1 cm³/mol. The molecule has 92 valence electrons. The lowest BCUT2D eigenvalue weighted by molar-refractivity contribution is 0.541. The topological polar surface area (TPSA) is 0 Å². The molecular weight excluding hydrogens is 216 g/mol. The van der Waals surface area contributed by atoms with Crippen LogP contribution in [0.4, 0.5) is 0 Å². The fourth-order valence-corrected chi connectivity index (χ4v) is 3.12. The first-order chi connectivity index (χ1) is 9.33. The summed E-state index contributed by atoms with van der Waals surface area (Å²) in [7, 11) is 0. The Labute approximate surface area is 112 Å². The van der Waals surface area contributed by atoms with Crippen LogP contribution in [0, 0.1) is 5.89 Å². The average molecular weight is 238 g/mol. The minimum Gasteiger partial charge on any atom is -0.0620 e. The monoisotopic (exact) mass is 238 g/mol. The molecule has 0 unspecified atom stereocenters. The van der Waals surface area contributed by atoms with E-state index >= 15 is 0 Å². The zero-order chi connectivity index (χ0) is 14.5. The van der Waals surface area contributed by atoms with Crippen molar-refractivity contribution in [3.8, 4) is 0 Å². The smallest absolute Gasteiger partial charge is 0.0399 e. The minimum atomic E-state index is -0.741. The van der Waals surface area contributed by atoms with Gasteiger partial charge in [0.1, 0.15) is 0 Å². The van der Waals surface area contributed by atoms with Gasteiger partial charge in [0.15, 0.2) is 0 Å². The van der Waals surface area contributed by atoms with Gasteiger partial charge in [0, 0.05) is 14.6 Å². The Kier molecular flexibility index (Phi) is 2.23. The third-order valence-electron chi connectivity index (χ3n) is 3.93. The van der Waals surface area contributed by atoms with E-state index in [1.807, 2.05) is 57.2 Å². The second-order valence-corrected chi connectivity index (χ2v) is 5.31. The summed E-state index contributed by atoms with van der Waals surface area (Å²) in [5.41, 5.74) is 4.32. The first-order valence-corrected chi connectivity index (χ1v) is 6.52. The Morgan fingerprint density at radius 2 is 1.28 bits per heavy atom. The van der Waals surface area contributed by atoms with E-state index in [1.165, 1.54) is 0 Å². The standard InChI is InChI=1S/C18H20/c1-12(2)18-16-10-6-4-8-14(16)13(3)15-9-5-7-11-17(15)18/h4-13,18H,1-3H3/i12D,13D. The van der Waals surface area contributed by atoms with Gasteiger partial charge in [-0.15, -0.1) is 0 Å². The Balaban J connectivity index is 2.36. The highest BCUT2D eigenvalue weighted by Gasteiger charge is 2.30. The molecular formula is C18H20. The fraction of sp³-hybridized carbons (Fsp3) is 0.333. The molecule has 1 aliphatic rings. The van der Waals surface area contributed by atoms with Crippen molar-refractivity contribution in [1.82, 2.24) is 0 Å². The lowest BCUT2D eigenvalue weighted by Gasteiger charge is -2.34. The highest BCUT2D eigenvalue weighted by Crippen LogP contribution is 2.45. The van der Waals surface area contributed by atoms with E-state index in [2.05, 4.69) is 12.1 Å². The van der Waals surface area contributed by atoms with E-state index in [9.17, 15) is 0 Å². The molecule has 0 heterocycles. The van der Waals surface area contributed by atoms with Gasteiger partial charge in [0.2, 0.25) is 0 Å². The normalized spacial score (nSPS) is 27.8. The Morgan fingerprint density at radius 1 is 0.889 bits per heavy atom. The van der Waals surface area contributed by atoms with Crippen LogP contribution in [-0.2, 0) is 0 Å². The Bertz CT molecular complexity index is 601. The molecule has 18 heavy (non-hydrogen) atoms. The molecule has 0 amide bonds. The molecule has 0 fully saturated rings. The highest BCUT2D eigenvalue weighted by molar-refractivity contribution is 5.52. The molecule has 0 atom stereocenters. The second-order valence-electron chi connectivity index (χ2n) is 5.31. The summed E-state index contributed by atoms with van der Waals surface area (Å²) in [6.07, 6.45) is 0. The number of rotatable bonds is 1. The molecule has 0 saturated carbocycles. The van der Waals surface area contributed by atoms with Crippen molar-refractivity contribution in [2.24, 2.45) is 5.89 Å². The van der Waals surface area contributed by atoms with Crippen LogP contribution in [0.3, 0.4) is 0 Å². The van der Waals surface area contributed by atoms with E-state index < -0.39 is 11.8 Å². The zero-order valence-corrected chi connectivity index (χ0v) is 11.2. The van der Waals surface area contributed by atoms with Crippen molar-refractivity contribution in [2.45, 2.75) is 32.6 Å². The van der Waals surface area contributed by atoms with Gasteiger partial charge in [-0.3, -0.25) is 0 Å². The largest absolute Gasteiger partial charge is 0.0620 e. The summed E-state index contributed by atoms with van der Waals surface area (Å²) < 4.78 is 17.4. The second kappa shape index (κ2) is 4.28. The van der Waals surface area contributed by atoms with Crippen LogP contribution >= 0.6 is 0 Å². The third-order valence-corrected chi connectivity index (χ3v) is 3.93. The summed E-state index contributed by atoms with van der Waals surface area (Å²) in [6, 6.07) is 16.3. The van der Waals surface area contributed by atoms with E-state index in [4.69, 9.17) is 2.74 Å². The molecule has 0 nitrogen and oxygen atoms in total. The lowest BCUT2D eigenvalue weighted by atomic mass is 9.69. The van der Waals surface area contributed by atoms with Crippen molar-refractivity contribution >= 4 is 0 Å². The van der Waals surface area contributed by atoms with Crippen LogP contribution in [0.1, 0.15) is 57.6 Å². The number of fused-ring (bicyclic) bond motifs is 2. The number of hydrogen-bond acceptors (Lipinski definition) is 0. The quantitative estimate of drug-likeness (QED) is 0.660. The molecule has 3 rings (SSSR count). The van der Waals surface area contributed by atoms with E-state index in [-0.39, 0.29) is 5.92 Å². The molecule has 0 spiro atoms. The van der Waals surface area contributed by atoms with Gasteiger partial charge in [0.25, 0.3) is 0 Å². The van der Waals surface area contributed by atoms with Gasteiger partial charge in [-0.25, -0.2) is 0 Å². The molecule has 0 bridgehead atoms. The van der Waals surface area contributed by atoms with E-state index in [0.29, 0.717) is 0 Å². The van der Waals surface area contributed by atoms with Crippen LogP contribution in [0.5, 0.6) is 0 Å². The van der Waals surface area contributed by atoms with Crippen LogP contribution < -0.4 is 0 Å². The minimum absolute atomic E-state index is 0.0216. The summed E-state index contributed by atoms with van der Waals surface area (Å²) in [6.45, 7) is 5.87. The first-order valence-electron chi connectivity index (χ1n) is 7.52. The van der Waals surface area contributed by atoms with Crippen molar-refractivity contribution in [1.29, 1.82) is 0 Å². The SMILES string of the molecule is [2H]C1(C)c2ccccc2C(C([2H])(C)C)c2ccccc21. The van der Waals surface area contributed by atoms with Crippen molar-refractivity contribution in [3.05, 3.63) is 70.8 Å². The molecule has 0 N–H and O–H groups in total. The zero-order valence-electron chi connectivity index (χ0n) is 13.2. The highest BCUT2D eigenvalue weighted by atomic mass is 14.3. The number of hydrogen-bond donors (Lipinski definition) is 0.